The number of nitrogens with zero attached hydrogens (tertiary/aromatic N) is 2. The number of hydrogen-bond donors (Lipinski definition) is 2. The van der Waals surface area contributed by atoms with Gasteiger partial charge in [-0.1, -0.05) is 25.2 Å². The van der Waals surface area contributed by atoms with E-state index in [9.17, 15) is 18.0 Å². The van der Waals surface area contributed by atoms with Gasteiger partial charge < -0.3 is 5.32 Å². The molecular formula is C8H12N4O4S2. The molecule has 0 fully saturated rings. The molecular weight excluding hydrogens is 280 g/mol. The predicted octanol–water partition coefficient (Wildman–Crippen LogP) is -0.0426. The van der Waals surface area contributed by atoms with Crippen LogP contribution in [0.15, 0.2) is 4.34 Å². The molecule has 100 valence electrons. The number of rotatable bonds is 4. The summed E-state index contributed by atoms with van der Waals surface area (Å²) in [6.07, 6.45) is 0. The second kappa shape index (κ2) is 5.40. The largest absolute Gasteiger partial charge is 0.301 e. The van der Waals surface area contributed by atoms with Crippen molar-refractivity contribution in [2.24, 2.45) is 5.92 Å². The molecule has 0 unspecified atom stereocenters. The maximum Gasteiger partial charge on any atom is 0.293 e. The number of carbonyl (C=O) groups is 2. The maximum atomic E-state index is 11.7. The van der Waals surface area contributed by atoms with Crippen LogP contribution in [0.1, 0.15) is 20.8 Å². The van der Waals surface area contributed by atoms with Gasteiger partial charge in [-0.25, -0.2) is 4.72 Å². The lowest BCUT2D eigenvalue weighted by Gasteiger charge is -2.05. The van der Waals surface area contributed by atoms with Gasteiger partial charge in [0.05, 0.1) is 0 Å². The minimum Gasteiger partial charge on any atom is -0.301 e. The first-order valence-corrected chi connectivity index (χ1v) is 7.20. The standard InChI is InChI=1S/C8H12N4O4S2/c1-4(2)6(14)12-18(15,16)8-11-10-7(17-8)9-5(3)13/h4H,1-3H3,(H,12,14)(H,9,10,13). The smallest absolute Gasteiger partial charge is 0.293 e. The SMILES string of the molecule is CC(=O)Nc1nnc(S(=O)(=O)NC(=O)C(C)C)s1. The molecule has 0 spiro atoms. The van der Waals surface area contributed by atoms with Crippen LogP contribution in [0.2, 0.25) is 0 Å². The molecule has 0 saturated carbocycles. The summed E-state index contributed by atoms with van der Waals surface area (Å²) in [5, 5.41) is 9.24. The zero-order valence-electron chi connectivity index (χ0n) is 9.92. The van der Waals surface area contributed by atoms with Crippen molar-refractivity contribution in [1.82, 2.24) is 14.9 Å². The van der Waals surface area contributed by atoms with E-state index >= 15 is 0 Å². The van der Waals surface area contributed by atoms with Crippen LogP contribution in [-0.2, 0) is 19.6 Å². The van der Waals surface area contributed by atoms with Gasteiger partial charge in [0.25, 0.3) is 14.4 Å². The van der Waals surface area contributed by atoms with E-state index in [2.05, 4.69) is 15.5 Å². The number of aromatic nitrogens is 2. The van der Waals surface area contributed by atoms with Gasteiger partial charge in [-0.15, -0.1) is 10.2 Å². The van der Waals surface area contributed by atoms with Crippen LogP contribution in [-0.4, -0.2) is 30.4 Å². The van der Waals surface area contributed by atoms with Crippen LogP contribution in [0.3, 0.4) is 0 Å². The number of hydrogen-bond acceptors (Lipinski definition) is 7. The lowest BCUT2D eigenvalue weighted by Crippen LogP contribution is -2.33. The average Bonchev–Trinajstić information content (AvgIpc) is 2.64. The summed E-state index contributed by atoms with van der Waals surface area (Å²) in [5.41, 5.74) is 0. The van der Waals surface area contributed by atoms with Crippen molar-refractivity contribution in [3.05, 3.63) is 0 Å². The van der Waals surface area contributed by atoms with E-state index in [0.29, 0.717) is 11.3 Å². The molecule has 0 aliphatic rings. The molecule has 1 rings (SSSR count). The van der Waals surface area contributed by atoms with E-state index in [4.69, 9.17) is 0 Å². The van der Waals surface area contributed by atoms with E-state index < -0.39 is 21.8 Å². The van der Waals surface area contributed by atoms with Crippen LogP contribution in [0.5, 0.6) is 0 Å². The molecule has 10 heteroatoms. The van der Waals surface area contributed by atoms with E-state index in [-0.39, 0.29) is 15.4 Å². The fourth-order valence-electron chi connectivity index (χ4n) is 0.813. The van der Waals surface area contributed by atoms with Crippen molar-refractivity contribution in [3.8, 4) is 0 Å². The number of nitrogens with one attached hydrogen (secondary N) is 2. The van der Waals surface area contributed by atoms with Crippen LogP contribution in [0.25, 0.3) is 0 Å². The first kappa shape index (κ1) is 14.5. The van der Waals surface area contributed by atoms with Gasteiger partial charge in [-0.3, -0.25) is 9.59 Å². The van der Waals surface area contributed by atoms with Crippen molar-refractivity contribution in [2.45, 2.75) is 25.1 Å². The molecule has 0 aliphatic carbocycles. The summed E-state index contributed by atoms with van der Waals surface area (Å²) < 4.78 is 24.9. The highest BCUT2D eigenvalue weighted by molar-refractivity contribution is 7.92. The molecule has 2 N–H and O–H groups in total. The highest BCUT2D eigenvalue weighted by Crippen LogP contribution is 2.19. The van der Waals surface area contributed by atoms with Crippen LogP contribution >= 0.6 is 11.3 Å². The summed E-state index contributed by atoms with van der Waals surface area (Å²) in [7, 11) is -4.03. The Morgan fingerprint density at radius 1 is 1.28 bits per heavy atom. The summed E-state index contributed by atoms with van der Waals surface area (Å²) in [6, 6.07) is 0. The fraction of sp³-hybridized carbons (Fsp3) is 0.500. The predicted molar refractivity (Wildman–Crippen MR) is 64.4 cm³/mol. The van der Waals surface area contributed by atoms with Gasteiger partial charge in [0.15, 0.2) is 0 Å². The van der Waals surface area contributed by atoms with E-state index in [0.717, 1.165) is 0 Å². The van der Waals surface area contributed by atoms with Gasteiger partial charge in [0, 0.05) is 12.8 Å². The Morgan fingerprint density at radius 2 is 1.89 bits per heavy atom. The molecule has 0 bridgehead atoms. The van der Waals surface area contributed by atoms with Crippen LogP contribution in [0, 0.1) is 5.92 Å². The van der Waals surface area contributed by atoms with Gasteiger partial charge in [-0.2, -0.15) is 8.42 Å². The van der Waals surface area contributed by atoms with Gasteiger partial charge in [0.2, 0.25) is 16.9 Å². The fourth-order valence-corrected chi connectivity index (χ4v) is 2.87. The second-order valence-corrected chi connectivity index (χ2v) is 6.51. The molecule has 1 aromatic heterocycles. The Balaban J connectivity index is 2.89. The van der Waals surface area contributed by atoms with Crippen molar-refractivity contribution in [3.63, 3.8) is 0 Å². The molecule has 0 atom stereocenters. The average molecular weight is 292 g/mol. The Labute approximate surface area is 108 Å². The normalized spacial score (nSPS) is 11.3. The summed E-state index contributed by atoms with van der Waals surface area (Å²) in [5.74, 6) is -1.49. The Bertz CT molecular complexity index is 563. The van der Waals surface area contributed by atoms with E-state index in [1.165, 1.54) is 6.92 Å². The molecule has 18 heavy (non-hydrogen) atoms. The maximum absolute atomic E-state index is 11.7. The minimum absolute atomic E-state index is 0.0554. The van der Waals surface area contributed by atoms with E-state index in [1.54, 1.807) is 13.8 Å². The highest BCUT2D eigenvalue weighted by Gasteiger charge is 2.24. The third-order valence-corrected chi connectivity index (χ3v) is 4.23. The number of carbonyl (C=O) groups excluding carboxylic acids is 2. The van der Waals surface area contributed by atoms with Crippen LogP contribution in [0.4, 0.5) is 5.13 Å². The molecule has 0 radical (unpaired) electrons. The summed E-state index contributed by atoms with van der Waals surface area (Å²) in [4.78, 5) is 22.1. The third kappa shape index (κ3) is 3.74. The van der Waals surface area contributed by atoms with Crippen molar-refractivity contribution >= 4 is 38.3 Å². The summed E-state index contributed by atoms with van der Waals surface area (Å²) >= 11 is 0.665. The second-order valence-electron chi connectivity index (χ2n) is 3.68. The Hall–Kier alpha value is -1.55. The quantitative estimate of drug-likeness (QED) is 0.752. The molecule has 0 aromatic carbocycles. The molecule has 0 aliphatic heterocycles. The third-order valence-electron chi connectivity index (χ3n) is 1.68. The lowest BCUT2D eigenvalue weighted by atomic mass is 10.2. The zero-order chi connectivity index (χ0) is 13.9. The van der Waals surface area contributed by atoms with Gasteiger partial charge in [-0.05, 0) is 0 Å². The number of anilines is 1. The van der Waals surface area contributed by atoms with Gasteiger partial charge >= 0.3 is 0 Å². The van der Waals surface area contributed by atoms with Crippen molar-refractivity contribution in [1.29, 1.82) is 0 Å². The molecule has 1 aromatic rings. The lowest BCUT2D eigenvalue weighted by molar-refractivity contribution is -0.122. The molecule has 2 amide bonds. The monoisotopic (exact) mass is 292 g/mol. The number of sulfonamides is 1. The first-order valence-electron chi connectivity index (χ1n) is 4.90. The first-order chi connectivity index (χ1) is 8.22. The van der Waals surface area contributed by atoms with Crippen molar-refractivity contribution in [2.75, 3.05) is 5.32 Å². The Morgan fingerprint density at radius 3 is 2.39 bits per heavy atom. The topological polar surface area (TPSA) is 118 Å². The molecule has 0 saturated heterocycles. The van der Waals surface area contributed by atoms with Gasteiger partial charge in [0.1, 0.15) is 0 Å². The summed E-state index contributed by atoms with van der Waals surface area (Å²) in [6.45, 7) is 4.39. The minimum atomic E-state index is -4.03. The Kier molecular flexibility index (Phi) is 4.35. The highest BCUT2D eigenvalue weighted by atomic mass is 32.2. The van der Waals surface area contributed by atoms with E-state index in [1.807, 2.05) is 4.72 Å². The molecule has 1 heterocycles. The van der Waals surface area contributed by atoms with Crippen molar-refractivity contribution < 1.29 is 18.0 Å². The number of amides is 2. The zero-order valence-corrected chi connectivity index (χ0v) is 11.6. The molecule has 8 nitrogen and oxygen atoms in total. The van der Waals surface area contributed by atoms with Crippen LogP contribution < -0.4 is 10.0 Å².